The van der Waals surface area contributed by atoms with Crippen LogP contribution < -0.4 is 9.64 Å². The van der Waals surface area contributed by atoms with Crippen molar-refractivity contribution < 1.29 is 14.3 Å². The lowest BCUT2D eigenvalue weighted by atomic mass is 9.78. The predicted octanol–water partition coefficient (Wildman–Crippen LogP) is 5.72. The number of halogens is 1. The Morgan fingerprint density at radius 2 is 1.65 bits per heavy atom. The summed E-state index contributed by atoms with van der Waals surface area (Å²) in [6.07, 6.45) is 2.62. The molecule has 1 unspecified atom stereocenters. The van der Waals surface area contributed by atoms with Gasteiger partial charge in [-0.25, -0.2) is 14.8 Å². The van der Waals surface area contributed by atoms with E-state index >= 15 is 0 Å². The quantitative estimate of drug-likeness (QED) is 0.298. The third-order valence-electron chi connectivity index (χ3n) is 9.75. The van der Waals surface area contributed by atoms with Gasteiger partial charge in [-0.2, -0.15) is 5.26 Å². The highest BCUT2D eigenvalue weighted by Crippen LogP contribution is 2.34. The van der Waals surface area contributed by atoms with E-state index in [1.165, 1.54) is 0 Å². The van der Waals surface area contributed by atoms with E-state index in [-0.39, 0.29) is 11.5 Å². The number of amides is 1. The van der Waals surface area contributed by atoms with Crippen LogP contribution in [0.2, 0.25) is 5.02 Å². The summed E-state index contributed by atoms with van der Waals surface area (Å²) in [7, 11) is 0. The Bertz CT molecular complexity index is 1640. The van der Waals surface area contributed by atoms with Gasteiger partial charge in [0.05, 0.1) is 17.3 Å². The van der Waals surface area contributed by atoms with Crippen molar-refractivity contribution in [2.24, 2.45) is 0 Å². The molecule has 0 spiro atoms. The standard InChI is InChI=1S/C37H46ClN7O3/c1-36(2,3)48-35(46)44-13-11-31(22-44)45-23-32(24-45)42-14-16-43(17-15-42)34-40-12-10-30(41-34)25-47-33-8-6-27(7-9-33)37(4,5)28-18-26(21-39)19-29(38)20-28/h6-10,12,18-20,31-32H,11,13-17,22-25H2,1-5H3. The maximum atomic E-state index is 12.5. The van der Waals surface area contributed by atoms with Gasteiger partial charge in [-0.3, -0.25) is 9.80 Å². The van der Waals surface area contributed by atoms with Gasteiger partial charge in [-0.1, -0.05) is 37.6 Å². The van der Waals surface area contributed by atoms with Crippen LogP contribution in [0.25, 0.3) is 0 Å². The first kappa shape index (κ1) is 34.0. The molecule has 0 aliphatic carbocycles. The van der Waals surface area contributed by atoms with Crippen molar-refractivity contribution in [3.05, 3.63) is 82.1 Å². The number of likely N-dealkylation sites (tertiary alicyclic amines) is 2. The summed E-state index contributed by atoms with van der Waals surface area (Å²) in [5.41, 5.74) is 2.68. The van der Waals surface area contributed by atoms with Crippen molar-refractivity contribution >= 4 is 23.6 Å². The van der Waals surface area contributed by atoms with Crippen molar-refractivity contribution in [3.63, 3.8) is 0 Å². The number of hydrogen-bond donors (Lipinski definition) is 0. The van der Waals surface area contributed by atoms with Gasteiger partial charge < -0.3 is 19.3 Å². The first-order chi connectivity index (χ1) is 22.9. The second-order valence-corrected chi connectivity index (χ2v) is 15.1. The lowest BCUT2D eigenvalue weighted by Gasteiger charge is -2.50. The monoisotopic (exact) mass is 671 g/mol. The number of carbonyl (C=O) groups is 1. The van der Waals surface area contributed by atoms with E-state index in [9.17, 15) is 10.1 Å². The van der Waals surface area contributed by atoms with E-state index in [2.05, 4.69) is 51.7 Å². The Hall–Kier alpha value is -3.91. The van der Waals surface area contributed by atoms with E-state index in [1.54, 1.807) is 6.07 Å². The predicted molar refractivity (Wildman–Crippen MR) is 186 cm³/mol. The number of hydrogen-bond acceptors (Lipinski definition) is 9. The third-order valence-corrected chi connectivity index (χ3v) is 9.97. The van der Waals surface area contributed by atoms with Gasteiger partial charge in [0.25, 0.3) is 0 Å². The Morgan fingerprint density at radius 1 is 0.917 bits per heavy atom. The second-order valence-electron chi connectivity index (χ2n) is 14.6. The number of anilines is 1. The molecule has 0 saturated carbocycles. The molecule has 48 heavy (non-hydrogen) atoms. The Labute approximate surface area is 289 Å². The number of ether oxygens (including phenoxy) is 2. The number of carbonyl (C=O) groups excluding carboxylic acids is 1. The van der Waals surface area contributed by atoms with Crippen molar-refractivity contribution in [3.8, 4) is 11.8 Å². The van der Waals surface area contributed by atoms with Crippen molar-refractivity contribution in [1.82, 2.24) is 24.7 Å². The summed E-state index contributed by atoms with van der Waals surface area (Å²) in [4.78, 5) is 31.1. The molecule has 0 N–H and O–H groups in total. The maximum absolute atomic E-state index is 12.5. The number of aromatic nitrogens is 2. The topological polar surface area (TPSA) is 98.1 Å². The molecule has 1 atom stereocenters. The molecule has 2 aromatic carbocycles. The number of piperazine rings is 1. The molecule has 3 aliphatic rings. The zero-order valence-corrected chi connectivity index (χ0v) is 29.4. The van der Waals surface area contributed by atoms with Crippen LogP contribution in [0, 0.1) is 11.3 Å². The molecule has 3 saturated heterocycles. The molecule has 10 nitrogen and oxygen atoms in total. The highest BCUT2D eigenvalue weighted by Gasteiger charge is 2.41. The van der Waals surface area contributed by atoms with Crippen LogP contribution in [0.15, 0.2) is 54.7 Å². The molecule has 1 amide bonds. The molecular weight excluding hydrogens is 626 g/mol. The molecule has 3 aliphatic heterocycles. The van der Waals surface area contributed by atoms with Crippen LogP contribution in [0.3, 0.4) is 0 Å². The zero-order valence-electron chi connectivity index (χ0n) is 28.7. The fourth-order valence-electron chi connectivity index (χ4n) is 6.76. The Kier molecular flexibility index (Phi) is 9.84. The molecule has 3 aromatic rings. The molecule has 6 rings (SSSR count). The Balaban J connectivity index is 0.957. The lowest BCUT2D eigenvalue weighted by molar-refractivity contribution is 0.000971. The number of nitrogens with zero attached hydrogens (tertiary/aromatic N) is 7. The summed E-state index contributed by atoms with van der Waals surface area (Å²) in [5, 5.41) is 9.93. The average Bonchev–Trinajstić information content (AvgIpc) is 3.53. The van der Waals surface area contributed by atoms with Gasteiger partial charge in [0, 0.05) is 81.1 Å². The van der Waals surface area contributed by atoms with Crippen LogP contribution in [0.5, 0.6) is 5.75 Å². The van der Waals surface area contributed by atoms with Gasteiger partial charge >= 0.3 is 6.09 Å². The minimum Gasteiger partial charge on any atom is -0.487 e. The molecular formula is C37H46ClN7O3. The minimum atomic E-state index is -0.462. The van der Waals surface area contributed by atoms with Gasteiger partial charge in [-0.05, 0) is 74.7 Å². The van der Waals surface area contributed by atoms with Crippen molar-refractivity contribution in [2.75, 3.05) is 57.3 Å². The van der Waals surface area contributed by atoms with Crippen LogP contribution in [0.4, 0.5) is 10.7 Å². The maximum Gasteiger partial charge on any atom is 0.410 e. The van der Waals surface area contributed by atoms with E-state index in [4.69, 9.17) is 26.1 Å². The third kappa shape index (κ3) is 7.86. The number of rotatable bonds is 8. The van der Waals surface area contributed by atoms with Crippen molar-refractivity contribution in [1.29, 1.82) is 5.26 Å². The van der Waals surface area contributed by atoms with E-state index in [1.807, 2.05) is 62.2 Å². The normalized spacial score (nSPS) is 19.6. The Morgan fingerprint density at radius 3 is 2.33 bits per heavy atom. The summed E-state index contributed by atoms with van der Waals surface area (Å²) < 4.78 is 11.7. The largest absolute Gasteiger partial charge is 0.487 e. The van der Waals surface area contributed by atoms with E-state index < -0.39 is 5.60 Å². The smallest absolute Gasteiger partial charge is 0.410 e. The first-order valence-corrected chi connectivity index (χ1v) is 17.2. The number of nitriles is 1. The molecule has 11 heteroatoms. The highest BCUT2D eigenvalue weighted by molar-refractivity contribution is 6.30. The lowest BCUT2D eigenvalue weighted by Crippen LogP contribution is -2.65. The average molecular weight is 672 g/mol. The van der Waals surface area contributed by atoms with Crippen LogP contribution in [-0.4, -0.2) is 101 Å². The molecule has 254 valence electrons. The fourth-order valence-corrected chi connectivity index (χ4v) is 7.00. The summed E-state index contributed by atoms with van der Waals surface area (Å²) >= 11 is 6.28. The van der Waals surface area contributed by atoms with Crippen LogP contribution in [-0.2, 0) is 16.8 Å². The summed E-state index contributed by atoms with van der Waals surface area (Å²) in [5.74, 6) is 1.51. The van der Waals surface area contributed by atoms with Crippen LogP contribution >= 0.6 is 11.6 Å². The first-order valence-electron chi connectivity index (χ1n) is 16.9. The molecule has 4 heterocycles. The second kappa shape index (κ2) is 13.9. The van der Waals surface area contributed by atoms with Gasteiger partial charge in [0.1, 0.15) is 18.0 Å². The van der Waals surface area contributed by atoms with Gasteiger partial charge in [-0.15, -0.1) is 0 Å². The van der Waals surface area contributed by atoms with E-state index in [0.29, 0.717) is 29.3 Å². The minimum absolute atomic E-state index is 0.197. The molecule has 1 aromatic heterocycles. The summed E-state index contributed by atoms with van der Waals surface area (Å²) in [6.45, 7) is 17.7. The van der Waals surface area contributed by atoms with E-state index in [0.717, 1.165) is 87.3 Å². The summed E-state index contributed by atoms with van der Waals surface area (Å²) in [6, 6.07) is 18.6. The fraction of sp³-hybridized carbons (Fsp3) is 0.514. The number of benzene rings is 2. The van der Waals surface area contributed by atoms with Gasteiger partial charge in [0.15, 0.2) is 0 Å². The van der Waals surface area contributed by atoms with Crippen LogP contribution in [0.1, 0.15) is 63.4 Å². The zero-order chi connectivity index (χ0) is 34.1. The molecule has 3 fully saturated rings. The van der Waals surface area contributed by atoms with Crippen molar-refractivity contribution in [2.45, 2.75) is 70.7 Å². The molecule has 0 bridgehead atoms. The highest BCUT2D eigenvalue weighted by atomic mass is 35.5. The molecule has 0 radical (unpaired) electrons. The SMILES string of the molecule is CC(C)(C)OC(=O)N1CCC(N2CC(N3CCN(c4nccc(COc5ccc(C(C)(C)c6cc(Cl)cc(C#N)c6)cc5)n4)CC3)C2)C1. The van der Waals surface area contributed by atoms with Gasteiger partial charge in [0.2, 0.25) is 5.95 Å².